The molecule has 3 atom stereocenters. The highest BCUT2D eigenvalue weighted by Crippen LogP contribution is 2.33. The maximum atomic E-state index is 13.2. The van der Waals surface area contributed by atoms with E-state index < -0.39 is 0 Å². The van der Waals surface area contributed by atoms with Gasteiger partial charge in [-0.2, -0.15) is 5.10 Å². The van der Waals surface area contributed by atoms with Gasteiger partial charge in [0.15, 0.2) is 0 Å². The first-order chi connectivity index (χ1) is 15.6. The van der Waals surface area contributed by atoms with Crippen molar-refractivity contribution in [1.82, 2.24) is 19.6 Å². The molecular weight excluding hydrogens is 400 g/mol. The monoisotopic (exact) mass is 430 g/mol. The number of carbonyl (C=O) groups excluding carboxylic acids is 1. The Labute approximate surface area is 188 Å². The summed E-state index contributed by atoms with van der Waals surface area (Å²) in [4.78, 5) is 17.6. The minimum absolute atomic E-state index is 0.0169. The third kappa shape index (κ3) is 4.01. The van der Waals surface area contributed by atoms with Gasteiger partial charge in [-0.1, -0.05) is 48.5 Å². The molecule has 4 N–H and O–H groups in total. The summed E-state index contributed by atoms with van der Waals surface area (Å²) in [5.41, 5.74) is 15.2. The van der Waals surface area contributed by atoms with Gasteiger partial charge < -0.3 is 21.3 Å². The first kappa shape index (κ1) is 20.7. The summed E-state index contributed by atoms with van der Waals surface area (Å²) in [6.45, 7) is 4.60. The molecule has 1 amide bonds. The van der Waals surface area contributed by atoms with Crippen molar-refractivity contribution in [3.8, 4) is 5.69 Å². The first-order valence-corrected chi connectivity index (χ1v) is 11.3. The number of benzene rings is 2. The fraction of sp³-hybridized carbons (Fsp3) is 0.360. The Morgan fingerprint density at radius 2 is 1.59 bits per heavy atom. The minimum atomic E-state index is -0.0169. The number of anilines is 1. The second-order valence-electron chi connectivity index (χ2n) is 8.99. The SMILES string of the molecule is Nc1c(C(=O)N2CC3CN(CC[C@H](N)c4ccccc4)CC3C2)cnn1-c1ccccc1. The summed E-state index contributed by atoms with van der Waals surface area (Å²) in [6, 6.07) is 20.0. The molecule has 2 aromatic carbocycles. The summed E-state index contributed by atoms with van der Waals surface area (Å²) in [5, 5.41) is 4.35. The lowest BCUT2D eigenvalue weighted by Crippen LogP contribution is -2.34. The van der Waals surface area contributed by atoms with Crippen LogP contribution in [0.5, 0.6) is 0 Å². The third-order valence-corrected chi connectivity index (χ3v) is 6.87. The zero-order valence-corrected chi connectivity index (χ0v) is 18.2. The quantitative estimate of drug-likeness (QED) is 0.627. The Bertz CT molecular complexity index is 1050. The van der Waals surface area contributed by atoms with E-state index in [0.717, 1.165) is 44.8 Å². The van der Waals surface area contributed by atoms with Crippen molar-refractivity contribution >= 4 is 11.7 Å². The van der Waals surface area contributed by atoms with E-state index in [2.05, 4.69) is 22.1 Å². The van der Waals surface area contributed by atoms with Crippen LogP contribution in [-0.2, 0) is 0 Å². The maximum Gasteiger partial charge on any atom is 0.259 e. The number of nitrogens with zero attached hydrogens (tertiary/aromatic N) is 4. The smallest absolute Gasteiger partial charge is 0.259 e. The number of hydrogen-bond donors (Lipinski definition) is 2. The lowest BCUT2D eigenvalue weighted by Gasteiger charge is -2.23. The van der Waals surface area contributed by atoms with Gasteiger partial charge in [-0.15, -0.1) is 0 Å². The summed E-state index contributed by atoms with van der Waals surface area (Å²) >= 11 is 0. The molecule has 1 aromatic heterocycles. The molecular formula is C25H30N6O. The third-order valence-electron chi connectivity index (χ3n) is 6.87. The lowest BCUT2D eigenvalue weighted by atomic mass is 10.0. The van der Waals surface area contributed by atoms with E-state index in [1.807, 2.05) is 53.4 Å². The molecule has 0 bridgehead atoms. The van der Waals surface area contributed by atoms with Gasteiger partial charge in [0.25, 0.3) is 5.91 Å². The van der Waals surface area contributed by atoms with Gasteiger partial charge >= 0.3 is 0 Å². The molecule has 2 aliphatic heterocycles. The average Bonchev–Trinajstić information content (AvgIpc) is 3.51. The molecule has 0 saturated carbocycles. The first-order valence-electron chi connectivity index (χ1n) is 11.3. The van der Waals surface area contributed by atoms with Gasteiger partial charge in [0.1, 0.15) is 11.4 Å². The van der Waals surface area contributed by atoms with Gasteiger partial charge in [0, 0.05) is 32.2 Å². The van der Waals surface area contributed by atoms with Crippen LogP contribution < -0.4 is 11.5 Å². The number of likely N-dealkylation sites (tertiary alicyclic amines) is 2. The standard InChI is InChI=1S/C25H30N6O/c26-23(18-7-3-1-4-8-18)11-12-29-14-19-16-30(17-20(19)15-29)25(32)22-13-28-31(24(22)27)21-9-5-2-6-10-21/h1-10,13,19-20,23H,11-12,14-17,26-27H2/t19?,20?,23-/m0/s1. The lowest BCUT2D eigenvalue weighted by molar-refractivity contribution is 0.0775. The van der Waals surface area contributed by atoms with Crippen molar-refractivity contribution < 1.29 is 4.79 Å². The fourth-order valence-electron chi connectivity index (χ4n) is 5.10. The van der Waals surface area contributed by atoms with Gasteiger partial charge in [-0.25, -0.2) is 4.68 Å². The van der Waals surface area contributed by atoms with E-state index in [9.17, 15) is 4.79 Å². The Kier molecular flexibility index (Phi) is 5.68. The second kappa shape index (κ2) is 8.76. The number of para-hydroxylation sites is 1. The molecule has 2 fully saturated rings. The molecule has 3 heterocycles. The van der Waals surface area contributed by atoms with Crippen molar-refractivity contribution in [3.63, 3.8) is 0 Å². The van der Waals surface area contributed by atoms with Gasteiger partial charge in [0.2, 0.25) is 0 Å². The molecule has 7 nitrogen and oxygen atoms in total. The second-order valence-corrected chi connectivity index (χ2v) is 8.99. The average molecular weight is 431 g/mol. The molecule has 2 unspecified atom stereocenters. The van der Waals surface area contributed by atoms with E-state index in [4.69, 9.17) is 11.5 Å². The van der Waals surface area contributed by atoms with Crippen LogP contribution in [-0.4, -0.2) is 58.2 Å². The minimum Gasteiger partial charge on any atom is -0.383 e. The molecule has 7 heteroatoms. The maximum absolute atomic E-state index is 13.2. The number of nitrogens with two attached hydrogens (primary N) is 2. The number of carbonyl (C=O) groups is 1. The zero-order valence-electron chi connectivity index (χ0n) is 18.2. The topological polar surface area (TPSA) is 93.4 Å². The largest absolute Gasteiger partial charge is 0.383 e. The van der Waals surface area contributed by atoms with Crippen LogP contribution in [0.15, 0.2) is 66.9 Å². The zero-order chi connectivity index (χ0) is 22.1. The Balaban J connectivity index is 1.16. The number of nitrogen functional groups attached to an aromatic ring is 1. The van der Waals surface area contributed by atoms with Crippen molar-refractivity contribution in [3.05, 3.63) is 78.0 Å². The van der Waals surface area contributed by atoms with Crippen molar-refractivity contribution in [2.75, 3.05) is 38.5 Å². The predicted molar refractivity (Wildman–Crippen MR) is 125 cm³/mol. The molecule has 0 spiro atoms. The molecule has 3 aromatic rings. The number of rotatable bonds is 6. The van der Waals surface area contributed by atoms with Crippen molar-refractivity contribution in [1.29, 1.82) is 0 Å². The molecule has 5 rings (SSSR count). The molecule has 0 aliphatic carbocycles. The Hall–Kier alpha value is -3.16. The highest BCUT2D eigenvalue weighted by molar-refractivity contribution is 5.98. The fourth-order valence-corrected chi connectivity index (χ4v) is 5.10. The van der Waals surface area contributed by atoms with Gasteiger partial charge in [-0.3, -0.25) is 4.79 Å². The summed E-state index contributed by atoms with van der Waals surface area (Å²) in [5.74, 6) is 1.40. The highest BCUT2D eigenvalue weighted by Gasteiger charge is 2.42. The van der Waals surface area contributed by atoms with E-state index in [1.54, 1.807) is 10.9 Å². The molecule has 166 valence electrons. The van der Waals surface area contributed by atoms with Crippen LogP contribution in [0, 0.1) is 11.8 Å². The van der Waals surface area contributed by atoms with Crippen LogP contribution in [0.2, 0.25) is 0 Å². The Morgan fingerprint density at radius 1 is 0.969 bits per heavy atom. The molecule has 2 aliphatic rings. The van der Waals surface area contributed by atoms with Crippen LogP contribution in [0.4, 0.5) is 5.82 Å². The van der Waals surface area contributed by atoms with Gasteiger partial charge in [0.05, 0.1) is 11.9 Å². The van der Waals surface area contributed by atoms with Crippen LogP contribution in [0.3, 0.4) is 0 Å². The molecule has 2 saturated heterocycles. The van der Waals surface area contributed by atoms with Crippen LogP contribution in [0.25, 0.3) is 5.69 Å². The number of hydrogen-bond acceptors (Lipinski definition) is 5. The van der Waals surface area contributed by atoms with Crippen LogP contribution in [0.1, 0.15) is 28.4 Å². The van der Waals surface area contributed by atoms with E-state index in [0.29, 0.717) is 23.2 Å². The molecule has 32 heavy (non-hydrogen) atoms. The van der Waals surface area contributed by atoms with E-state index in [-0.39, 0.29) is 11.9 Å². The van der Waals surface area contributed by atoms with Gasteiger partial charge in [-0.05, 0) is 42.5 Å². The van der Waals surface area contributed by atoms with Crippen molar-refractivity contribution in [2.24, 2.45) is 17.6 Å². The number of aromatic nitrogens is 2. The highest BCUT2D eigenvalue weighted by atomic mass is 16.2. The number of amides is 1. The van der Waals surface area contributed by atoms with E-state index >= 15 is 0 Å². The Morgan fingerprint density at radius 3 is 2.25 bits per heavy atom. The predicted octanol–water partition coefficient (Wildman–Crippen LogP) is 2.55. The number of fused-ring (bicyclic) bond motifs is 1. The van der Waals surface area contributed by atoms with Crippen LogP contribution >= 0.6 is 0 Å². The summed E-state index contributed by atoms with van der Waals surface area (Å²) in [7, 11) is 0. The summed E-state index contributed by atoms with van der Waals surface area (Å²) in [6.07, 6.45) is 2.54. The normalized spacial score (nSPS) is 21.6. The molecule has 0 radical (unpaired) electrons. The van der Waals surface area contributed by atoms with E-state index in [1.165, 1.54) is 5.56 Å². The van der Waals surface area contributed by atoms with Crippen molar-refractivity contribution in [2.45, 2.75) is 12.5 Å². The summed E-state index contributed by atoms with van der Waals surface area (Å²) < 4.78 is 1.63.